The first-order valence-corrected chi connectivity index (χ1v) is 9.35. The van der Waals surface area contributed by atoms with Crippen molar-refractivity contribution in [2.24, 2.45) is 17.3 Å². The van der Waals surface area contributed by atoms with E-state index < -0.39 is 41.3 Å². The Kier molecular flexibility index (Phi) is 5.87. The molecule has 1 aliphatic carbocycles. The van der Waals surface area contributed by atoms with Gasteiger partial charge in [-0.3, -0.25) is 4.79 Å². The Morgan fingerprint density at radius 3 is 2.43 bits per heavy atom. The normalized spacial score (nSPS) is 21.6. The van der Waals surface area contributed by atoms with Gasteiger partial charge in [-0.1, -0.05) is 38.1 Å². The van der Waals surface area contributed by atoms with Crippen molar-refractivity contribution in [3.63, 3.8) is 0 Å². The zero-order valence-corrected chi connectivity index (χ0v) is 16.6. The Balaban J connectivity index is 1.67. The summed E-state index contributed by atoms with van der Waals surface area (Å²) in [5, 5.41) is 0. The van der Waals surface area contributed by atoms with Crippen LogP contribution < -0.4 is 4.74 Å². The number of benzene rings is 1. The highest BCUT2D eigenvalue weighted by molar-refractivity contribution is 5.78. The van der Waals surface area contributed by atoms with E-state index in [1.165, 1.54) is 0 Å². The molecular formula is C22H21F4NO3. The van der Waals surface area contributed by atoms with Gasteiger partial charge >= 0.3 is 12.1 Å². The van der Waals surface area contributed by atoms with Gasteiger partial charge in [-0.25, -0.2) is 9.37 Å². The summed E-state index contributed by atoms with van der Waals surface area (Å²) in [5.41, 5.74) is -0.408. The molecule has 0 saturated heterocycles. The molecule has 3 rings (SSSR count). The number of halogens is 4. The number of rotatable bonds is 6. The van der Waals surface area contributed by atoms with E-state index in [2.05, 4.69) is 4.98 Å². The van der Waals surface area contributed by atoms with Gasteiger partial charge in [0.25, 0.3) is 0 Å². The van der Waals surface area contributed by atoms with Crippen molar-refractivity contribution in [2.45, 2.75) is 33.1 Å². The van der Waals surface area contributed by atoms with Gasteiger partial charge in [-0.2, -0.15) is 13.2 Å². The van der Waals surface area contributed by atoms with E-state index in [9.17, 15) is 22.4 Å². The summed E-state index contributed by atoms with van der Waals surface area (Å²) in [6.07, 6.45) is -5.36. The summed E-state index contributed by atoms with van der Waals surface area (Å²) in [6, 6.07) is 14.0. The molecule has 0 bridgehead atoms. The van der Waals surface area contributed by atoms with Crippen molar-refractivity contribution in [2.75, 3.05) is 0 Å². The third-order valence-corrected chi connectivity index (χ3v) is 5.18. The summed E-state index contributed by atoms with van der Waals surface area (Å²) in [5.74, 6) is -3.75. The molecule has 0 N–H and O–H groups in total. The van der Waals surface area contributed by atoms with Gasteiger partial charge in [0.15, 0.2) is 5.83 Å². The van der Waals surface area contributed by atoms with Crippen LogP contribution in [0.3, 0.4) is 0 Å². The van der Waals surface area contributed by atoms with E-state index in [-0.39, 0.29) is 0 Å². The van der Waals surface area contributed by atoms with E-state index in [1.54, 1.807) is 51.1 Å². The smallest absolute Gasteiger partial charge is 0.442 e. The molecule has 8 heteroatoms. The van der Waals surface area contributed by atoms with E-state index in [1.807, 2.05) is 18.2 Å². The highest BCUT2D eigenvalue weighted by Gasteiger charge is 2.62. The van der Waals surface area contributed by atoms with Crippen LogP contribution in [-0.2, 0) is 9.53 Å². The number of esters is 1. The van der Waals surface area contributed by atoms with Crippen molar-refractivity contribution >= 4 is 5.97 Å². The van der Waals surface area contributed by atoms with Crippen molar-refractivity contribution in [1.82, 2.24) is 4.98 Å². The molecule has 1 heterocycles. The standard InChI is InChI=1S/C22H21F4NO3/c1-13(16-10-7-11-18(27-16)30-14-8-5-4-6-9-14)29-20(28)19-15(21(19,2)3)12-17(23)22(24,25)26/h4-13,15,19H,1-3H3/b17-12-/t13?,15-,19+/m0/s1. The number of allylic oxidation sites excluding steroid dienone is 2. The van der Waals surface area contributed by atoms with E-state index >= 15 is 0 Å². The minimum atomic E-state index is -5.07. The predicted octanol–water partition coefficient (Wildman–Crippen LogP) is 6.17. The summed E-state index contributed by atoms with van der Waals surface area (Å²) in [4.78, 5) is 16.8. The van der Waals surface area contributed by atoms with Crippen molar-refractivity contribution in [3.05, 3.63) is 66.1 Å². The molecule has 1 fully saturated rings. The number of hydrogen-bond donors (Lipinski definition) is 0. The van der Waals surface area contributed by atoms with Gasteiger partial charge in [-0.05, 0) is 42.5 Å². The molecule has 3 atom stereocenters. The monoisotopic (exact) mass is 423 g/mol. The van der Waals surface area contributed by atoms with Crippen LogP contribution >= 0.6 is 0 Å². The molecule has 160 valence electrons. The number of carbonyl (C=O) groups excluding carboxylic acids is 1. The van der Waals surface area contributed by atoms with Crippen LogP contribution in [0.25, 0.3) is 0 Å². The van der Waals surface area contributed by atoms with Crippen LogP contribution in [0.1, 0.15) is 32.6 Å². The summed E-state index contributed by atoms with van der Waals surface area (Å²) >= 11 is 0. The highest BCUT2D eigenvalue weighted by Crippen LogP contribution is 2.60. The lowest BCUT2D eigenvalue weighted by Gasteiger charge is -2.14. The lowest BCUT2D eigenvalue weighted by Crippen LogP contribution is -2.14. The summed E-state index contributed by atoms with van der Waals surface area (Å²) in [6.45, 7) is 4.80. The molecule has 0 spiro atoms. The minimum Gasteiger partial charge on any atom is -0.456 e. The topological polar surface area (TPSA) is 48.4 Å². The second-order valence-electron chi connectivity index (χ2n) is 7.73. The maximum Gasteiger partial charge on any atom is 0.442 e. The first kappa shape index (κ1) is 21.8. The van der Waals surface area contributed by atoms with Gasteiger partial charge < -0.3 is 9.47 Å². The maximum absolute atomic E-state index is 13.3. The van der Waals surface area contributed by atoms with Crippen LogP contribution in [0, 0.1) is 17.3 Å². The number of aromatic nitrogens is 1. The molecule has 2 aromatic rings. The fraction of sp³-hybridized carbons (Fsp3) is 0.364. The van der Waals surface area contributed by atoms with Crippen LogP contribution in [0.5, 0.6) is 11.6 Å². The number of pyridine rings is 1. The molecule has 1 unspecified atom stereocenters. The molecule has 0 amide bonds. The van der Waals surface area contributed by atoms with Crippen LogP contribution in [0.2, 0.25) is 0 Å². The fourth-order valence-electron chi connectivity index (χ4n) is 3.32. The molecule has 1 aliphatic rings. The average molecular weight is 423 g/mol. The summed E-state index contributed by atoms with van der Waals surface area (Å²) in [7, 11) is 0. The van der Waals surface area contributed by atoms with Crippen LogP contribution in [-0.4, -0.2) is 17.1 Å². The number of ether oxygens (including phenoxy) is 2. The zero-order chi connectivity index (χ0) is 22.1. The van der Waals surface area contributed by atoms with Crippen LogP contribution in [0.15, 0.2) is 60.4 Å². The fourth-order valence-corrected chi connectivity index (χ4v) is 3.32. The van der Waals surface area contributed by atoms with E-state index in [0.717, 1.165) is 0 Å². The third-order valence-electron chi connectivity index (χ3n) is 5.18. The zero-order valence-electron chi connectivity index (χ0n) is 16.6. The average Bonchev–Trinajstić information content (AvgIpc) is 3.22. The Bertz CT molecular complexity index is 941. The molecule has 0 aliphatic heterocycles. The molecule has 30 heavy (non-hydrogen) atoms. The first-order valence-electron chi connectivity index (χ1n) is 9.35. The lowest BCUT2D eigenvalue weighted by molar-refractivity contribution is -0.151. The maximum atomic E-state index is 13.3. The first-order chi connectivity index (χ1) is 14.0. The molecular weight excluding hydrogens is 402 g/mol. The van der Waals surface area contributed by atoms with Crippen molar-refractivity contribution in [1.29, 1.82) is 0 Å². The molecule has 1 aromatic carbocycles. The van der Waals surface area contributed by atoms with Gasteiger partial charge in [0.05, 0.1) is 11.6 Å². The molecule has 4 nitrogen and oxygen atoms in total. The van der Waals surface area contributed by atoms with E-state index in [4.69, 9.17) is 9.47 Å². The van der Waals surface area contributed by atoms with Gasteiger partial charge in [-0.15, -0.1) is 0 Å². The van der Waals surface area contributed by atoms with Crippen LogP contribution in [0.4, 0.5) is 17.6 Å². The quantitative estimate of drug-likeness (QED) is 0.412. The van der Waals surface area contributed by atoms with Gasteiger partial charge in [0.2, 0.25) is 5.88 Å². The highest BCUT2D eigenvalue weighted by atomic mass is 19.4. The second-order valence-corrected chi connectivity index (χ2v) is 7.73. The Morgan fingerprint density at radius 2 is 1.80 bits per heavy atom. The second kappa shape index (κ2) is 8.08. The molecule has 1 saturated carbocycles. The third kappa shape index (κ3) is 4.80. The lowest BCUT2D eigenvalue weighted by atomic mass is 10.1. The largest absolute Gasteiger partial charge is 0.456 e. The number of carbonyl (C=O) groups is 1. The number of hydrogen-bond acceptors (Lipinski definition) is 4. The Labute approximate surface area is 171 Å². The Hall–Kier alpha value is -2.90. The van der Waals surface area contributed by atoms with Gasteiger partial charge in [0.1, 0.15) is 11.9 Å². The number of nitrogens with zero attached hydrogens (tertiary/aromatic N) is 1. The Morgan fingerprint density at radius 1 is 1.13 bits per heavy atom. The SMILES string of the molecule is CC(OC(=O)[C@H]1[C@H](/C=C(\F)C(F)(F)F)C1(C)C)c1cccc(Oc2ccccc2)n1. The summed E-state index contributed by atoms with van der Waals surface area (Å²) < 4.78 is 61.7. The van der Waals surface area contributed by atoms with Crippen molar-refractivity contribution < 1.29 is 31.8 Å². The minimum absolute atomic E-state index is 0.307. The molecule has 0 radical (unpaired) electrons. The number of alkyl halides is 3. The van der Waals surface area contributed by atoms with E-state index in [0.29, 0.717) is 23.4 Å². The number of para-hydroxylation sites is 1. The van der Waals surface area contributed by atoms with Gasteiger partial charge in [0, 0.05) is 6.07 Å². The molecule has 1 aromatic heterocycles. The predicted molar refractivity (Wildman–Crippen MR) is 101 cm³/mol. The van der Waals surface area contributed by atoms with Crippen molar-refractivity contribution in [3.8, 4) is 11.6 Å².